The number of carbonyl (C=O) groups excluding carboxylic acids is 2. The molecule has 0 saturated heterocycles. The Kier molecular flexibility index (Phi) is 12.9. The van der Waals surface area contributed by atoms with Crippen molar-refractivity contribution in [3.05, 3.63) is 30.1 Å². The van der Waals surface area contributed by atoms with Crippen LogP contribution in [0.4, 0.5) is 21.1 Å². The number of rotatable bonds is 11. The Hall–Kier alpha value is -3.12. The van der Waals surface area contributed by atoms with Crippen molar-refractivity contribution >= 4 is 32.0 Å². The molecule has 2 heterocycles. The first-order chi connectivity index (χ1) is 22.8. The normalized spacial score (nSPS) is 18.1. The zero-order chi connectivity index (χ0) is 37.9. The number of nitrogens with one attached hydrogen (secondary N) is 1. The van der Waals surface area contributed by atoms with Crippen LogP contribution >= 0.6 is 0 Å². The van der Waals surface area contributed by atoms with Gasteiger partial charge in [0, 0.05) is 36.9 Å². The minimum atomic E-state index is -1.91. The number of nitrogens with zero attached hydrogens (tertiary/aromatic N) is 4. The van der Waals surface area contributed by atoms with E-state index < -0.39 is 37.2 Å². The molecule has 0 bridgehead atoms. The van der Waals surface area contributed by atoms with Crippen LogP contribution in [0.25, 0.3) is 0 Å². The standard InChI is InChI=1S/C38H65N5O6Si/c1-26(17-16-21-40-33(44)47-36(5,6)7)46-31-24-28(20-22-39-31)42(34(45)48-37(8,9)10)32-25-30(41-43(32)35(2,3)4)27-18-19-29(23-27)49-50(14,15)38(11,12)13/h20,22,24-27,29H,16-19,21,23H2,1-15H3,(H,40,44)/t26?,27-,29+/m0/s1. The first kappa shape index (κ1) is 41.3. The summed E-state index contributed by atoms with van der Waals surface area (Å²) >= 11 is 0. The van der Waals surface area contributed by atoms with E-state index in [1.165, 1.54) is 0 Å². The van der Waals surface area contributed by atoms with Crippen molar-refractivity contribution in [2.75, 3.05) is 11.4 Å². The SMILES string of the molecule is CC(CCCNC(=O)OC(C)(C)C)Oc1cc(N(C(=O)OC(C)(C)C)c2cc([C@H]3CC[C@@H](O[Si](C)(C)C(C)(C)C)C3)nn2C(C)(C)C)ccn1. The molecule has 50 heavy (non-hydrogen) atoms. The molecule has 1 saturated carbocycles. The smallest absolute Gasteiger partial charge is 0.420 e. The van der Waals surface area contributed by atoms with Crippen LogP contribution in [0.1, 0.15) is 134 Å². The minimum absolute atomic E-state index is 0.143. The molecule has 1 fully saturated rings. The second kappa shape index (κ2) is 15.6. The number of pyridine rings is 1. The highest BCUT2D eigenvalue weighted by molar-refractivity contribution is 6.74. The van der Waals surface area contributed by atoms with Gasteiger partial charge in [0.25, 0.3) is 0 Å². The average molecular weight is 716 g/mol. The summed E-state index contributed by atoms with van der Waals surface area (Å²) in [5.74, 6) is 1.22. The molecule has 282 valence electrons. The summed E-state index contributed by atoms with van der Waals surface area (Å²) < 4.78 is 26.2. The van der Waals surface area contributed by atoms with Crippen LogP contribution in [0.3, 0.4) is 0 Å². The predicted octanol–water partition coefficient (Wildman–Crippen LogP) is 9.84. The Morgan fingerprint density at radius 3 is 2.20 bits per heavy atom. The summed E-state index contributed by atoms with van der Waals surface area (Å²) in [6.45, 7) is 31.2. The van der Waals surface area contributed by atoms with Crippen molar-refractivity contribution in [3.8, 4) is 5.88 Å². The number of hydrogen-bond acceptors (Lipinski definition) is 8. The van der Waals surface area contributed by atoms with E-state index in [4.69, 9.17) is 23.7 Å². The van der Waals surface area contributed by atoms with Gasteiger partial charge in [0.15, 0.2) is 8.32 Å². The maximum absolute atomic E-state index is 14.1. The van der Waals surface area contributed by atoms with Crippen LogP contribution < -0.4 is 15.0 Å². The third-order valence-electron chi connectivity index (χ3n) is 8.97. The van der Waals surface area contributed by atoms with E-state index in [0.717, 1.165) is 25.0 Å². The molecule has 1 aliphatic rings. The number of amides is 2. The van der Waals surface area contributed by atoms with Gasteiger partial charge in [-0.1, -0.05) is 20.8 Å². The van der Waals surface area contributed by atoms with Crippen LogP contribution in [0.2, 0.25) is 18.1 Å². The summed E-state index contributed by atoms with van der Waals surface area (Å²) in [7, 11) is -1.91. The van der Waals surface area contributed by atoms with E-state index in [1.807, 2.05) is 59.2 Å². The van der Waals surface area contributed by atoms with Gasteiger partial charge in [-0.05, 0) is 126 Å². The molecule has 3 rings (SSSR count). The van der Waals surface area contributed by atoms with Crippen LogP contribution in [-0.2, 0) is 19.4 Å². The molecule has 11 nitrogen and oxygen atoms in total. The van der Waals surface area contributed by atoms with Crippen LogP contribution in [0, 0.1) is 0 Å². The van der Waals surface area contributed by atoms with Gasteiger partial charge in [0.1, 0.15) is 17.0 Å². The second-order valence-electron chi connectivity index (χ2n) is 18.2. The van der Waals surface area contributed by atoms with Crippen LogP contribution in [0.15, 0.2) is 24.4 Å². The highest BCUT2D eigenvalue weighted by atomic mass is 28.4. The predicted molar refractivity (Wildman–Crippen MR) is 202 cm³/mol. The molecule has 1 unspecified atom stereocenters. The zero-order valence-corrected chi connectivity index (χ0v) is 34.5. The fourth-order valence-electron chi connectivity index (χ4n) is 5.55. The van der Waals surface area contributed by atoms with Gasteiger partial charge < -0.3 is 24.0 Å². The lowest BCUT2D eigenvalue weighted by Gasteiger charge is -2.38. The molecule has 12 heteroatoms. The van der Waals surface area contributed by atoms with Crippen LogP contribution in [-0.4, -0.2) is 65.2 Å². The Labute approximate surface area is 302 Å². The van der Waals surface area contributed by atoms with Crippen LogP contribution in [0.5, 0.6) is 5.88 Å². The number of alkyl carbamates (subject to hydrolysis) is 1. The molecular weight excluding hydrogens is 651 g/mol. The number of hydrogen-bond donors (Lipinski definition) is 1. The third kappa shape index (κ3) is 12.0. The van der Waals surface area contributed by atoms with E-state index in [-0.39, 0.29) is 23.2 Å². The Morgan fingerprint density at radius 1 is 0.980 bits per heavy atom. The topological polar surface area (TPSA) is 117 Å². The quantitative estimate of drug-likeness (QED) is 0.181. The van der Waals surface area contributed by atoms with E-state index in [9.17, 15) is 9.59 Å². The summed E-state index contributed by atoms with van der Waals surface area (Å²) in [6.07, 6.45) is 4.93. The highest BCUT2D eigenvalue weighted by Gasteiger charge is 2.42. The van der Waals surface area contributed by atoms with Gasteiger partial charge in [-0.2, -0.15) is 5.10 Å². The first-order valence-electron chi connectivity index (χ1n) is 18.2. The minimum Gasteiger partial charge on any atom is -0.475 e. The summed E-state index contributed by atoms with van der Waals surface area (Å²) in [5.41, 5.74) is -0.193. The van der Waals surface area contributed by atoms with Gasteiger partial charge in [-0.15, -0.1) is 0 Å². The molecule has 0 aromatic carbocycles. The van der Waals surface area contributed by atoms with Crippen molar-refractivity contribution in [2.45, 2.75) is 175 Å². The molecule has 2 aromatic heterocycles. The fraction of sp³-hybridized carbons (Fsp3) is 0.737. The molecular formula is C38H65N5O6Si. The van der Waals surface area contributed by atoms with Crippen molar-refractivity contribution in [3.63, 3.8) is 0 Å². The average Bonchev–Trinajstić information content (AvgIpc) is 3.56. The van der Waals surface area contributed by atoms with Crippen molar-refractivity contribution < 1.29 is 28.2 Å². The zero-order valence-electron chi connectivity index (χ0n) is 33.5. The lowest BCUT2D eigenvalue weighted by atomic mass is 10.0. The highest BCUT2D eigenvalue weighted by Crippen LogP contribution is 2.44. The van der Waals surface area contributed by atoms with Crippen molar-refractivity contribution in [1.82, 2.24) is 20.1 Å². The van der Waals surface area contributed by atoms with E-state index in [1.54, 1.807) is 23.2 Å². The van der Waals surface area contributed by atoms with Crippen molar-refractivity contribution in [1.29, 1.82) is 0 Å². The maximum atomic E-state index is 14.1. The largest absolute Gasteiger partial charge is 0.475 e. The van der Waals surface area contributed by atoms with E-state index in [2.05, 4.69) is 64.9 Å². The monoisotopic (exact) mass is 715 g/mol. The molecule has 2 amide bonds. The lowest BCUT2D eigenvalue weighted by molar-refractivity contribution is 0.0523. The second-order valence-corrected chi connectivity index (χ2v) is 22.9. The molecule has 1 N–H and O–H groups in total. The maximum Gasteiger partial charge on any atom is 0.420 e. The molecule has 2 aromatic rings. The van der Waals surface area contributed by atoms with E-state index in [0.29, 0.717) is 36.8 Å². The van der Waals surface area contributed by atoms with E-state index >= 15 is 0 Å². The molecule has 0 spiro atoms. The third-order valence-corrected chi connectivity index (χ3v) is 13.5. The van der Waals surface area contributed by atoms with Gasteiger partial charge in [-0.3, -0.25) is 0 Å². The first-order valence-corrected chi connectivity index (χ1v) is 21.1. The molecule has 0 radical (unpaired) electrons. The van der Waals surface area contributed by atoms with Gasteiger partial charge in [-0.25, -0.2) is 24.2 Å². The number of ether oxygens (including phenoxy) is 3. The number of aromatic nitrogens is 3. The summed E-state index contributed by atoms with van der Waals surface area (Å²) in [6, 6.07) is 5.58. The number of anilines is 2. The van der Waals surface area contributed by atoms with Gasteiger partial charge in [0.05, 0.1) is 23.0 Å². The summed E-state index contributed by atoms with van der Waals surface area (Å²) in [4.78, 5) is 32.1. The Balaban J connectivity index is 1.88. The fourth-order valence-corrected chi connectivity index (χ4v) is 6.95. The Bertz CT molecular complexity index is 1450. The van der Waals surface area contributed by atoms with Gasteiger partial charge >= 0.3 is 12.2 Å². The lowest BCUT2D eigenvalue weighted by Crippen LogP contribution is -2.43. The summed E-state index contributed by atoms with van der Waals surface area (Å²) in [5, 5.41) is 8.08. The number of carbonyl (C=O) groups is 2. The van der Waals surface area contributed by atoms with Crippen molar-refractivity contribution in [2.24, 2.45) is 0 Å². The van der Waals surface area contributed by atoms with Gasteiger partial charge in [0.2, 0.25) is 5.88 Å². The Morgan fingerprint density at radius 2 is 1.62 bits per heavy atom. The molecule has 1 aliphatic carbocycles. The molecule has 0 aliphatic heterocycles. The molecule has 3 atom stereocenters.